The van der Waals surface area contributed by atoms with Crippen LogP contribution in [0.25, 0.3) is 0 Å². The Balaban J connectivity index is 1.87. The summed E-state index contributed by atoms with van der Waals surface area (Å²) in [6.45, 7) is 16.6. The third-order valence-corrected chi connectivity index (χ3v) is 4.38. The van der Waals surface area contributed by atoms with Crippen LogP contribution in [0.4, 0.5) is 0 Å². The molecule has 0 aromatic carbocycles. The molecular weight excluding hydrogens is 248 g/mol. The van der Waals surface area contributed by atoms with Gasteiger partial charge in [0.2, 0.25) is 0 Å². The smallest absolute Gasteiger partial charge is 0.118 e. The van der Waals surface area contributed by atoms with E-state index in [1.54, 1.807) is 0 Å². The quantitative estimate of drug-likeness (QED) is 0.864. The van der Waals surface area contributed by atoms with E-state index in [1.807, 2.05) is 0 Å². The number of furan rings is 1. The number of hydrogen-bond donors (Lipinski definition) is 1. The summed E-state index contributed by atoms with van der Waals surface area (Å²) in [5.41, 5.74) is 1.35. The van der Waals surface area contributed by atoms with E-state index in [9.17, 15) is 0 Å². The first kappa shape index (κ1) is 15.6. The van der Waals surface area contributed by atoms with Gasteiger partial charge in [-0.2, -0.15) is 0 Å². The van der Waals surface area contributed by atoms with E-state index in [4.69, 9.17) is 4.42 Å². The summed E-state index contributed by atoms with van der Waals surface area (Å²) in [6, 6.07) is 2.23. The van der Waals surface area contributed by atoms with Gasteiger partial charge in [0.1, 0.15) is 11.5 Å². The molecule has 1 aromatic heterocycles. The van der Waals surface area contributed by atoms with Crippen LogP contribution in [0.3, 0.4) is 0 Å². The number of rotatable bonds is 6. The molecule has 0 saturated carbocycles. The number of aryl methyl sites for hydroxylation is 1. The van der Waals surface area contributed by atoms with Crippen LogP contribution >= 0.6 is 0 Å². The van der Waals surface area contributed by atoms with Crippen LogP contribution in [-0.2, 0) is 13.1 Å². The molecule has 2 rings (SSSR count). The molecule has 1 aliphatic heterocycles. The number of hydrogen-bond acceptors (Lipinski definition) is 3. The van der Waals surface area contributed by atoms with Gasteiger partial charge in [-0.15, -0.1) is 0 Å². The van der Waals surface area contributed by atoms with Gasteiger partial charge in [-0.1, -0.05) is 27.7 Å². The van der Waals surface area contributed by atoms with E-state index in [-0.39, 0.29) is 0 Å². The lowest BCUT2D eigenvalue weighted by Gasteiger charge is -2.14. The summed E-state index contributed by atoms with van der Waals surface area (Å²) in [5, 5.41) is 3.44. The van der Waals surface area contributed by atoms with Gasteiger partial charge in [-0.3, -0.25) is 4.90 Å². The number of likely N-dealkylation sites (tertiary alicyclic amines) is 1. The van der Waals surface area contributed by atoms with Crippen LogP contribution in [0, 0.1) is 24.7 Å². The monoisotopic (exact) mass is 278 g/mol. The zero-order chi connectivity index (χ0) is 14.7. The largest absolute Gasteiger partial charge is 0.465 e. The molecule has 0 aliphatic carbocycles. The Morgan fingerprint density at radius 1 is 1.30 bits per heavy atom. The summed E-state index contributed by atoms with van der Waals surface area (Å²) in [7, 11) is 0. The molecule has 1 N–H and O–H groups in total. The standard InChI is InChI=1S/C17H30N2O/c1-12(2)7-18-8-17-6-16(15(5)20-17)11-19-9-13(3)14(4)10-19/h6,12-14,18H,7-11H2,1-5H3. The van der Waals surface area contributed by atoms with Gasteiger partial charge in [0.15, 0.2) is 0 Å². The Labute approximate surface area is 123 Å². The highest BCUT2D eigenvalue weighted by Crippen LogP contribution is 2.25. The lowest BCUT2D eigenvalue weighted by molar-refractivity contribution is 0.313. The second kappa shape index (κ2) is 6.77. The van der Waals surface area contributed by atoms with Gasteiger partial charge in [0, 0.05) is 25.2 Å². The molecule has 1 aliphatic rings. The van der Waals surface area contributed by atoms with Crippen LogP contribution in [-0.4, -0.2) is 24.5 Å². The van der Waals surface area contributed by atoms with Crippen molar-refractivity contribution in [1.29, 1.82) is 0 Å². The topological polar surface area (TPSA) is 28.4 Å². The maximum Gasteiger partial charge on any atom is 0.118 e. The zero-order valence-electron chi connectivity index (χ0n) is 13.7. The maximum absolute atomic E-state index is 5.87. The molecule has 3 heteroatoms. The maximum atomic E-state index is 5.87. The first-order valence-electron chi connectivity index (χ1n) is 7.97. The fourth-order valence-corrected chi connectivity index (χ4v) is 2.93. The first-order chi connectivity index (χ1) is 9.45. The average molecular weight is 278 g/mol. The molecule has 0 radical (unpaired) electrons. The van der Waals surface area contributed by atoms with E-state index in [1.165, 1.54) is 18.7 Å². The lowest BCUT2D eigenvalue weighted by Crippen LogP contribution is -2.20. The zero-order valence-corrected chi connectivity index (χ0v) is 13.7. The Bertz CT molecular complexity index is 415. The Kier molecular flexibility index (Phi) is 5.28. The van der Waals surface area contributed by atoms with Crippen molar-refractivity contribution in [1.82, 2.24) is 10.2 Å². The first-order valence-corrected chi connectivity index (χ1v) is 7.97. The highest BCUT2D eigenvalue weighted by Gasteiger charge is 2.26. The van der Waals surface area contributed by atoms with Crippen molar-refractivity contribution in [2.75, 3.05) is 19.6 Å². The third-order valence-electron chi connectivity index (χ3n) is 4.38. The molecule has 2 heterocycles. The van der Waals surface area contributed by atoms with Crippen molar-refractivity contribution < 1.29 is 4.42 Å². The van der Waals surface area contributed by atoms with Gasteiger partial charge in [0.25, 0.3) is 0 Å². The molecule has 0 bridgehead atoms. The second-order valence-corrected chi connectivity index (χ2v) is 6.97. The minimum Gasteiger partial charge on any atom is -0.465 e. The Hall–Kier alpha value is -0.800. The summed E-state index contributed by atoms with van der Waals surface area (Å²) < 4.78 is 5.87. The molecular formula is C17H30N2O. The van der Waals surface area contributed by atoms with Crippen molar-refractivity contribution in [3.8, 4) is 0 Å². The molecule has 3 nitrogen and oxygen atoms in total. The molecule has 0 amide bonds. The van der Waals surface area contributed by atoms with E-state index in [2.05, 4.69) is 50.9 Å². The third kappa shape index (κ3) is 4.10. The lowest BCUT2D eigenvalue weighted by atomic mass is 10.0. The second-order valence-electron chi connectivity index (χ2n) is 6.97. The molecule has 1 fully saturated rings. The van der Waals surface area contributed by atoms with Crippen molar-refractivity contribution in [3.63, 3.8) is 0 Å². The molecule has 2 unspecified atom stereocenters. The van der Waals surface area contributed by atoms with Gasteiger partial charge < -0.3 is 9.73 Å². The Morgan fingerprint density at radius 3 is 2.55 bits per heavy atom. The normalized spacial score (nSPS) is 23.9. The van der Waals surface area contributed by atoms with Gasteiger partial charge in [-0.25, -0.2) is 0 Å². The van der Waals surface area contributed by atoms with E-state index >= 15 is 0 Å². The van der Waals surface area contributed by atoms with Crippen LogP contribution < -0.4 is 5.32 Å². The molecule has 0 spiro atoms. The summed E-state index contributed by atoms with van der Waals surface area (Å²) >= 11 is 0. The summed E-state index contributed by atoms with van der Waals surface area (Å²) in [6.07, 6.45) is 0. The van der Waals surface area contributed by atoms with Crippen LogP contribution in [0.15, 0.2) is 10.5 Å². The van der Waals surface area contributed by atoms with Crippen molar-refractivity contribution in [2.45, 2.75) is 47.7 Å². The molecule has 2 atom stereocenters. The van der Waals surface area contributed by atoms with Crippen molar-refractivity contribution in [3.05, 3.63) is 23.2 Å². The predicted octanol–water partition coefficient (Wildman–Crippen LogP) is 3.42. The molecule has 20 heavy (non-hydrogen) atoms. The van der Waals surface area contributed by atoms with E-state index in [0.717, 1.165) is 43.0 Å². The highest BCUT2D eigenvalue weighted by molar-refractivity contribution is 5.21. The average Bonchev–Trinajstić information content (AvgIpc) is 2.84. The van der Waals surface area contributed by atoms with E-state index in [0.29, 0.717) is 5.92 Å². The summed E-state index contributed by atoms with van der Waals surface area (Å²) in [5.74, 6) is 4.46. The summed E-state index contributed by atoms with van der Waals surface area (Å²) in [4.78, 5) is 2.55. The fourth-order valence-electron chi connectivity index (χ4n) is 2.93. The van der Waals surface area contributed by atoms with Crippen LogP contribution in [0.1, 0.15) is 44.8 Å². The molecule has 114 valence electrons. The minimum atomic E-state index is 0.679. The molecule has 1 aromatic rings. The number of nitrogens with zero attached hydrogens (tertiary/aromatic N) is 1. The van der Waals surface area contributed by atoms with Crippen LogP contribution in [0.2, 0.25) is 0 Å². The molecule has 1 saturated heterocycles. The highest BCUT2D eigenvalue weighted by atomic mass is 16.3. The SMILES string of the molecule is Cc1oc(CNCC(C)C)cc1CN1CC(C)C(C)C1. The van der Waals surface area contributed by atoms with Gasteiger partial charge in [0.05, 0.1) is 6.54 Å². The predicted molar refractivity (Wildman–Crippen MR) is 83.6 cm³/mol. The fraction of sp³-hybridized carbons (Fsp3) is 0.765. The van der Waals surface area contributed by atoms with Crippen molar-refractivity contribution in [2.24, 2.45) is 17.8 Å². The van der Waals surface area contributed by atoms with Gasteiger partial charge >= 0.3 is 0 Å². The van der Waals surface area contributed by atoms with Crippen LogP contribution in [0.5, 0.6) is 0 Å². The minimum absolute atomic E-state index is 0.679. The number of nitrogens with one attached hydrogen (secondary N) is 1. The van der Waals surface area contributed by atoms with Gasteiger partial charge in [-0.05, 0) is 37.3 Å². The Morgan fingerprint density at radius 2 is 1.95 bits per heavy atom. The van der Waals surface area contributed by atoms with E-state index < -0.39 is 0 Å². The van der Waals surface area contributed by atoms with Crippen molar-refractivity contribution >= 4 is 0 Å².